The summed E-state index contributed by atoms with van der Waals surface area (Å²) in [5, 5.41) is 3.01. The van der Waals surface area contributed by atoms with E-state index >= 15 is 0 Å². The van der Waals surface area contributed by atoms with Crippen LogP contribution in [0.4, 0.5) is 5.69 Å². The number of esters is 1. The molecular formula is C19H18ClN3O4. The van der Waals surface area contributed by atoms with E-state index in [4.69, 9.17) is 21.1 Å². The van der Waals surface area contributed by atoms with Gasteiger partial charge in [0.15, 0.2) is 11.8 Å². The SMILES string of the molecule is COc1ccc(NC(=O)[C@@H](C)OC(=O)c2cn3c(C)cccc3n2)cc1Cl. The number of carbonyl (C=O) groups excluding carboxylic acids is 2. The number of fused-ring (bicyclic) bond motifs is 1. The molecule has 0 aliphatic heterocycles. The molecule has 140 valence electrons. The van der Waals surface area contributed by atoms with Crippen LogP contribution in [0.15, 0.2) is 42.6 Å². The Balaban J connectivity index is 1.67. The largest absolute Gasteiger partial charge is 0.495 e. The van der Waals surface area contributed by atoms with Gasteiger partial charge in [-0.1, -0.05) is 17.7 Å². The first kappa shape index (κ1) is 18.7. The Morgan fingerprint density at radius 2 is 2.04 bits per heavy atom. The Labute approximate surface area is 160 Å². The van der Waals surface area contributed by atoms with Gasteiger partial charge >= 0.3 is 5.97 Å². The number of pyridine rings is 1. The van der Waals surface area contributed by atoms with Crippen LogP contribution in [0.3, 0.4) is 0 Å². The molecule has 0 bridgehead atoms. The van der Waals surface area contributed by atoms with Gasteiger partial charge in [-0.05, 0) is 44.2 Å². The minimum atomic E-state index is -1.01. The zero-order valence-electron chi connectivity index (χ0n) is 15.0. The van der Waals surface area contributed by atoms with E-state index in [9.17, 15) is 9.59 Å². The van der Waals surface area contributed by atoms with E-state index in [0.717, 1.165) is 5.69 Å². The summed E-state index contributed by atoms with van der Waals surface area (Å²) in [6.45, 7) is 3.39. The number of imidazole rings is 1. The second-order valence-electron chi connectivity index (χ2n) is 5.91. The highest BCUT2D eigenvalue weighted by atomic mass is 35.5. The summed E-state index contributed by atoms with van der Waals surface area (Å²) in [7, 11) is 1.50. The molecule has 8 heteroatoms. The summed E-state index contributed by atoms with van der Waals surface area (Å²) in [5.74, 6) is -0.658. The number of anilines is 1. The number of ether oxygens (including phenoxy) is 2. The van der Waals surface area contributed by atoms with E-state index < -0.39 is 18.0 Å². The molecular weight excluding hydrogens is 370 g/mol. The van der Waals surface area contributed by atoms with Crippen LogP contribution in [0.2, 0.25) is 5.02 Å². The minimum absolute atomic E-state index is 0.136. The third kappa shape index (κ3) is 4.03. The van der Waals surface area contributed by atoms with Gasteiger partial charge in [-0.25, -0.2) is 9.78 Å². The van der Waals surface area contributed by atoms with E-state index in [1.54, 1.807) is 34.9 Å². The summed E-state index contributed by atoms with van der Waals surface area (Å²) in [6, 6.07) is 10.4. The number of rotatable bonds is 5. The standard InChI is InChI=1S/C19H18ClN3O4/c1-11-5-4-6-17-22-15(10-23(11)17)19(25)27-12(2)18(24)21-13-7-8-16(26-3)14(20)9-13/h4-10,12H,1-3H3,(H,21,24)/t12-/m1/s1. The summed E-state index contributed by atoms with van der Waals surface area (Å²) in [5.41, 5.74) is 2.17. The Kier molecular flexibility index (Phi) is 5.32. The molecule has 2 aromatic heterocycles. The van der Waals surface area contributed by atoms with Crippen LogP contribution in [0, 0.1) is 6.92 Å². The second-order valence-corrected chi connectivity index (χ2v) is 6.31. The first-order valence-corrected chi connectivity index (χ1v) is 8.57. The van der Waals surface area contributed by atoms with Crippen LogP contribution in [-0.2, 0) is 9.53 Å². The highest BCUT2D eigenvalue weighted by Crippen LogP contribution is 2.27. The number of aromatic nitrogens is 2. The van der Waals surface area contributed by atoms with Gasteiger partial charge in [0, 0.05) is 17.6 Å². The summed E-state index contributed by atoms with van der Waals surface area (Å²) < 4.78 is 12.1. The zero-order valence-corrected chi connectivity index (χ0v) is 15.8. The molecule has 1 aromatic carbocycles. The third-order valence-corrected chi connectivity index (χ3v) is 4.27. The fraction of sp³-hybridized carbons (Fsp3) is 0.211. The van der Waals surface area contributed by atoms with E-state index in [-0.39, 0.29) is 5.69 Å². The normalized spacial score (nSPS) is 11.9. The summed E-state index contributed by atoms with van der Waals surface area (Å²) in [4.78, 5) is 28.8. The van der Waals surface area contributed by atoms with Crippen molar-refractivity contribution in [2.24, 2.45) is 0 Å². The first-order valence-electron chi connectivity index (χ1n) is 8.19. The maximum Gasteiger partial charge on any atom is 0.359 e. The van der Waals surface area contributed by atoms with Crippen LogP contribution >= 0.6 is 11.6 Å². The Bertz CT molecular complexity index is 1020. The number of hydrogen-bond donors (Lipinski definition) is 1. The number of hydrogen-bond acceptors (Lipinski definition) is 5. The summed E-state index contributed by atoms with van der Waals surface area (Å²) >= 11 is 6.04. The molecule has 0 saturated carbocycles. The fourth-order valence-corrected chi connectivity index (χ4v) is 2.77. The molecule has 2 heterocycles. The number of nitrogens with zero attached hydrogens (tertiary/aromatic N) is 2. The van der Waals surface area contributed by atoms with Gasteiger partial charge in [0.05, 0.1) is 12.1 Å². The van der Waals surface area contributed by atoms with E-state index in [2.05, 4.69) is 10.3 Å². The van der Waals surface area contributed by atoms with Gasteiger partial charge in [-0.2, -0.15) is 0 Å². The Morgan fingerprint density at radius 1 is 1.26 bits per heavy atom. The third-order valence-electron chi connectivity index (χ3n) is 3.98. The Morgan fingerprint density at radius 3 is 2.70 bits per heavy atom. The summed E-state index contributed by atoms with van der Waals surface area (Å²) in [6.07, 6.45) is 0.574. The molecule has 0 saturated heterocycles. The topological polar surface area (TPSA) is 81.9 Å². The maximum atomic E-state index is 12.3. The minimum Gasteiger partial charge on any atom is -0.495 e. The molecule has 1 N–H and O–H groups in total. The molecule has 0 radical (unpaired) electrons. The van der Waals surface area contributed by atoms with Crippen LogP contribution in [0.25, 0.3) is 5.65 Å². The predicted octanol–water partition coefficient (Wildman–Crippen LogP) is 3.49. The van der Waals surface area contributed by atoms with Gasteiger partial charge < -0.3 is 19.2 Å². The van der Waals surface area contributed by atoms with Crippen molar-refractivity contribution in [2.75, 3.05) is 12.4 Å². The van der Waals surface area contributed by atoms with Crippen molar-refractivity contribution >= 4 is 34.8 Å². The van der Waals surface area contributed by atoms with Crippen LogP contribution < -0.4 is 10.1 Å². The molecule has 0 fully saturated rings. The molecule has 0 aliphatic rings. The van der Waals surface area contributed by atoms with Crippen molar-refractivity contribution in [1.82, 2.24) is 9.38 Å². The zero-order chi connectivity index (χ0) is 19.6. The molecule has 3 aromatic rings. The second kappa shape index (κ2) is 7.67. The number of methoxy groups -OCH3 is 1. The van der Waals surface area contributed by atoms with Crippen molar-refractivity contribution in [3.05, 3.63) is 59.0 Å². The average molecular weight is 388 g/mol. The highest BCUT2D eigenvalue weighted by molar-refractivity contribution is 6.32. The van der Waals surface area contributed by atoms with Gasteiger partial charge in [-0.3, -0.25) is 4.79 Å². The maximum absolute atomic E-state index is 12.3. The van der Waals surface area contributed by atoms with E-state index in [1.165, 1.54) is 14.0 Å². The lowest BCUT2D eigenvalue weighted by Crippen LogP contribution is -2.30. The number of amides is 1. The van der Waals surface area contributed by atoms with Gasteiger partial charge in [0.2, 0.25) is 0 Å². The van der Waals surface area contributed by atoms with Crippen molar-refractivity contribution in [3.8, 4) is 5.75 Å². The van der Waals surface area contributed by atoms with E-state index in [0.29, 0.717) is 22.1 Å². The lowest BCUT2D eigenvalue weighted by molar-refractivity contribution is -0.123. The van der Waals surface area contributed by atoms with Gasteiger partial charge in [0.1, 0.15) is 11.4 Å². The molecule has 0 aliphatic carbocycles. The molecule has 27 heavy (non-hydrogen) atoms. The number of nitrogens with one attached hydrogen (secondary N) is 1. The molecule has 1 amide bonds. The van der Waals surface area contributed by atoms with Crippen LogP contribution in [-0.4, -0.2) is 34.5 Å². The lowest BCUT2D eigenvalue weighted by Gasteiger charge is -2.13. The number of benzene rings is 1. The molecule has 7 nitrogen and oxygen atoms in total. The van der Waals surface area contributed by atoms with Crippen molar-refractivity contribution < 1.29 is 19.1 Å². The van der Waals surface area contributed by atoms with E-state index in [1.807, 2.05) is 19.1 Å². The highest BCUT2D eigenvalue weighted by Gasteiger charge is 2.21. The lowest BCUT2D eigenvalue weighted by atomic mass is 10.2. The monoisotopic (exact) mass is 387 g/mol. The molecule has 1 atom stereocenters. The van der Waals surface area contributed by atoms with Crippen LogP contribution in [0.1, 0.15) is 23.1 Å². The van der Waals surface area contributed by atoms with Crippen molar-refractivity contribution in [3.63, 3.8) is 0 Å². The smallest absolute Gasteiger partial charge is 0.359 e. The molecule has 3 rings (SSSR count). The quantitative estimate of drug-likeness (QED) is 0.678. The number of carbonyl (C=O) groups is 2. The van der Waals surface area contributed by atoms with Crippen LogP contribution in [0.5, 0.6) is 5.75 Å². The fourth-order valence-electron chi connectivity index (χ4n) is 2.51. The van der Waals surface area contributed by atoms with Crippen molar-refractivity contribution in [1.29, 1.82) is 0 Å². The van der Waals surface area contributed by atoms with Crippen molar-refractivity contribution in [2.45, 2.75) is 20.0 Å². The molecule has 0 unspecified atom stereocenters. The van der Waals surface area contributed by atoms with Gasteiger partial charge in [0.25, 0.3) is 5.91 Å². The first-order chi connectivity index (χ1) is 12.9. The average Bonchev–Trinajstić information content (AvgIpc) is 3.07. The number of halogens is 1. The predicted molar refractivity (Wildman–Crippen MR) is 101 cm³/mol. The Hall–Kier alpha value is -3.06. The van der Waals surface area contributed by atoms with Gasteiger partial charge in [-0.15, -0.1) is 0 Å². The number of aryl methyl sites for hydroxylation is 1. The molecule has 0 spiro atoms.